The summed E-state index contributed by atoms with van der Waals surface area (Å²) >= 11 is 0. The van der Waals surface area contributed by atoms with Crippen LogP contribution in [0.15, 0.2) is 54.9 Å². The average Bonchev–Trinajstić information content (AvgIpc) is 2.87. The zero-order valence-electron chi connectivity index (χ0n) is 20.3. The Morgan fingerprint density at radius 1 is 1.03 bits per heavy atom. The number of piperidine rings is 1. The summed E-state index contributed by atoms with van der Waals surface area (Å²) in [6.45, 7) is 3.26. The topological polar surface area (TPSA) is 104 Å². The number of nitrogens with two attached hydrogens (primary N) is 1. The molecule has 1 saturated heterocycles. The Balaban J connectivity index is 1.71. The molecule has 2 aromatic carbocycles. The summed E-state index contributed by atoms with van der Waals surface area (Å²) < 4.78 is 28.7. The first-order valence-electron chi connectivity index (χ1n) is 12.1. The van der Waals surface area contributed by atoms with E-state index < -0.39 is 11.9 Å². The zero-order chi connectivity index (χ0) is 26.1. The fraction of sp³-hybridized carbons (Fsp3) is 0.250. The minimum Gasteiger partial charge on any atom is -0.465 e. The fourth-order valence-corrected chi connectivity index (χ4v) is 4.93. The van der Waals surface area contributed by atoms with Crippen molar-refractivity contribution in [1.29, 1.82) is 0 Å². The minimum atomic E-state index is -1.19. The van der Waals surface area contributed by atoms with Crippen molar-refractivity contribution in [3.63, 3.8) is 0 Å². The normalized spacial score (nSPS) is 14.2. The van der Waals surface area contributed by atoms with Crippen LogP contribution in [0.25, 0.3) is 33.2 Å². The Kier molecular flexibility index (Phi) is 6.71. The van der Waals surface area contributed by atoms with Crippen LogP contribution in [-0.2, 0) is 6.54 Å². The number of amides is 1. The maximum atomic E-state index is 14.4. The SMILES string of the molecule is Cc1cc(F)cc(-c2cnc3ccc(-c4cc(F)cnc4CNC(=O)O)cc3c2N2CCC(N)CC2)c1. The molecule has 0 atom stereocenters. The predicted octanol–water partition coefficient (Wildman–Crippen LogP) is 5.25. The van der Waals surface area contributed by atoms with Crippen LogP contribution >= 0.6 is 0 Å². The van der Waals surface area contributed by atoms with Gasteiger partial charge < -0.3 is 21.1 Å². The molecule has 0 spiro atoms. The Morgan fingerprint density at radius 3 is 2.54 bits per heavy atom. The van der Waals surface area contributed by atoms with Gasteiger partial charge in [0.1, 0.15) is 11.6 Å². The first-order valence-corrected chi connectivity index (χ1v) is 12.1. The number of nitrogens with one attached hydrogen (secondary N) is 1. The van der Waals surface area contributed by atoms with Crippen molar-refractivity contribution < 1.29 is 18.7 Å². The lowest BCUT2D eigenvalue weighted by molar-refractivity contribution is 0.194. The number of halogens is 2. The van der Waals surface area contributed by atoms with Crippen LogP contribution < -0.4 is 16.0 Å². The average molecular weight is 504 g/mol. The maximum Gasteiger partial charge on any atom is 0.404 e. The smallest absolute Gasteiger partial charge is 0.404 e. The molecule has 9 heteroatoms. The van der Waals surface area contributed by atoms with Crippen LogP contribution in [0.4, 0.5) is 19.3 Å². The summed E-state index contributed by atoms with van der Waals surface area (Å²) in [4.78, 5) is 22.1. The second kappa shape index (κ2) is 10.1. The van der Waals surface area contributed by atoms with Crippen LogP contribution in [0.2, 0.25) is 0 Å². The number of aryl methyl sites for hydroxylation is 1. The Labute approximate surface area is 213 Å². The number of carbonyl (C=O) groups is 1. The van der Waals surface area contributed by atoms with Gasteiger partial charge >= 0.3 is 6.09 Å². The van der Waals surface area contributed by atoms with Crippen molar-refractivity contribution in [2.45, 2.75) is 32.4 Å². The lowest BCUT2D eigenvalue weighted by Gasteiger charge is -2.34. The Hall–Kier alpha value is -4.11. The van der Waals surface area contributed by atoms with E-state index in [1.165, 1.54) is 18.2 Å². The van der Waals surface area contributed by atoms with Crippen LogP contribution in [0.5, 0.6) is 0 Å². The van der Waals surface area contributed by atoms with E-state index in [9.17, 15) is 13.6 Å². The first-order chi connectivity index (χ1) is 17.8. The van der Waals surface area contributed by atoms with Crippen molar-refractivity contribution in [3.05, 3.63) is 77.8 Å². The monoisotopic (exact) mass is 503 g/mol. The summed E-state index contributed by atoms with van der Waals surface area (Å²) in [7, 11) is 0. The number of benzene rings is 2. The van der Waals surface area contributed by atoms with Gasteiger partial charge in [0.15, 0.2) is 0 Å². The number of pyridine rings is 2. The summed E-state index contributed by atoms with van der Waals surface area (Å²) in [5.74, 6) is -0.849. The van der Waals surface area contributed by atoms with Crippen LogP contribution in [-0.4, -0.2) is 40.3 Å². The quantitative estimate of drug-likeness (QED) is 0.344. The second-order valence-corrected chi connectivity index (χ2v) is 9.40. The van der Waals surface area contributed by atoms with Crippen molar-refractivity contribution in [1.82, 2.24) is 15.3 Å². The molecular formula is C28H27F2N5O2. The highest BCUT2D eigenvalue weighted by Gasteiger charge is 2.23. The molecule has 4 aromatic rings. The number of hydrogen-bond acceptors (Lipinski definition) is 5. The van der Waals surface area contributed by atoms with E-state index in [1.54, 1.807) is 6.20 Å². The molecule has 1 amide bonds. The van der Waals surface area contributed by atoms with Gasteiger partial charge in [-0.2, -0.15) is 0 Å². The van der Waals surface area contributed by atoms with Gasteiger partial charge in [0.25, 0.3) is 0 Å². The van der Waals surface area contributed by atoms with Gasteiger partial charge in [0.05, 0.1) is 29.6 Å². The van der Waals surface area contributed by atoms with Crippen LogP contribution in [0.1, 0.15) is 24.1 Å². The van der Waals surface area contributed by atoms with E-state index in [4.69, 9.17) is 10.8 Å². The molecule has 5 rings (SSSR count). The molecular weight excluding hydrogens is 476 g/mol. The summed E-state index contributed by atoms with van der Waals surface area (Å²) in [6.07, 6.45) is 3.29. The standard InChI is InChI=1S/C28H27F2N5O2/c1-16-8-18(10-19(29)9-16)24-14-33-25-3-2-17(11-23(25)27(24)35-6-4-21(31)5-7-35)22-12-20(30)13-32-26(22)15-34-28(36)37/h2-3,8-14,21,34H,4-7,15,31H2,1H3,(H,36,37). The largest absolute Gasteiger partial charge is 0.465 e. The number of fused-ring (bicyclic) bond motifs is 1. The van der Waals surface area contributed by atoms with Crippen LogP contribution in [0, 0.1) is 18.6 Å². The molecule has 3 heterocycles. The first kappa shape index (κ1) is 24.6. The van der Waals surface area contributed by atoms with E-state index in [0.717, 1.165) is 65.4 Å². The molecule has 1 aliphatic heterocycles. The molecule has 4 N–H and O–H groups in total. The van der Waals surface area contributed by atoms with Crippen molar-refractivity contribution in [2.24, 2.45) is 5.73 Å². The van der Waals surface area contributed by atoms with E-state index in [0.29, 0.717) is 16.8 Å². The molecule has 7 nitrogen and oxygen atoms in total. The molecule has 0 unspecified atom stereocenters. The van der Waals surface area contributed by atoms with Gasteiger partial charge in [0.2, 0.25) is 0 Å². The minimum absolute atomic E-state index is 0.0687. The van der Waals surface area contributed by atoms with E-state index in [-0.39, 0.29) is 18.4 Å². The summed E-state index contributed by atoms with van der Waals surface area (Å²) in [5, 5.41) is 12.2. The molecule has 0 radical (unpaired) electrons. The molecule has 0 aliphatic carbocycles. The van der Waals surface area contributed by atoms with Gasteiger partial charge in [-0.05, 0) is 66.8 Å². The molecule has 190 valence electrons. The van der Waals surface area contributed by atoms with Gasteiger partial charge in [-0.25, -0.2) is 13.6 Å². The van der Waals surface area contributed by atoms with E-state index >= 15 is 0 Å². The number of carboxylic acid groups (broad SMARTS) is 1. The zero-order valence-corrected chi connectivity index (χ0v) is 20.3. The third kappa shape index (κ3) is 5.22. The van der Waals surface area contributed by atoms with Gasteiger partial charge in [-0.3, -0.25) is 9.97 Å². The van der Waals surface area contributed by atoms with Crippen molar-refractivity contribution >= 4 is 22.7 Å². The lowest BCUT2D eigenvalue weighted by Crippen LogP contribution is -2.40. The number of aromatic nitrogens is 2. The number of anilines is 1. The summed E-state index contributed by atoms with van der Waals surface area (Å²) in [6, 6.07) is 12.0. The van der Waals surface area contributed by atoms with E-state index in [1.807, 2.05) is 31.2 Å². The highest BCUT2D eigenvalue weighted by Crippen LogP contribution is 2.40. The predicted molar refractivity (Wildman–Crippen MR) is 139 cm³/mol. The highest BCUT2D eigenvalue weighted by atomic mass is 19.1. The molecule has 37 heavy (non-hydrogen) atoms. The Bertz CT molecular complexity index is 1470. The Morgan fingerprint density at radius 2 is 1.81 bits per heavy atom. The molecule has 1 aliphatic rings. The third-order valence-electron chi connectivity index (χ3n) is 6.70. The van der Waals surface area contributed by atoms with Gasteiger partial charge in [-0.15, -0.1) is 0 Å². The highest BCUT2D eigenvalue weighted by molar-refractivity contribution is 6.02. The van der Waals surface area contributed by atoms with Crippen molar-refractivity contribution in [2.75, 3.05) is 18.0 Å². The van der Waals surface area contributed by atoms with Gasteiger partial charge in [-0.1, -0.05) is 12.1 Å². The molecule has 0 saturated carbocycles. The molecule has 0 bridgehead atoms. The van der Waals surface area contributed by atoms with E-state index in [2.05, 4.69) is 20.2 Å². The van der Waals surface area contributed by atoms with Crippen molar-refractivity contribution in [3.8, 4) is 22.3 Å². The number of rotatable bonds is 5. The summed E-state index contributed by atoms with van der Waals surface area (Å²) in [5.41, 5.74) is 11.7. The lowest BCUT2D eigenvalue weighted by atomic mass is 9.95. The molecule has 1 fully saturated rings. The van der Waals surface area contributed by atoms with Gasteiger partial charge in [0, 0.05) is 41.8 Å². The maximum absolute atomic E-state index is 14.4. The number of nitrogens with zero attached hydrogens (tertiary/aromatic N) is 3. The number of hydrogen-bond donors (Lipinski definition) is 3. The molecule has 2 aromatic heterocycles. The fourth-order valence-electron chi connectivity index (χ4n) is 4.93. The second-order valence-electron chi connectivity index (χ2n) is 9.40. The van der Waals surface area contributed by atoms with Crippen LogP contribution in [0.3, 0.4) is 0 Å². The third-order valence-corrected chi connectivity index (χ3v) is 6.70.